The van der Waals surface area contributed by atoms with Gasteiger partial charge in [0.2, 0.25) is 0 Å². The monoisotopic (exact) mass is 335 g/mol. The second kappa shape index (κ2) is 5.83. The third-order valence-electron chi connectivity index (χ3n) is 2.62. The van der Waals surface area contributed by atoms with E-state index in [4.69, 9.17) is 5.26 Å². The molecule has 0 atom stereocenters. The van der Waals surface area contributed by atoms with E-state index < -0.39 is 24.8 Å². The summed E-state index contributed by atoms with van der Waals surface area (Å²) in [5.41, 5.74) is -0.219. The summed E-state index contributed by atoms with van der Waals surface area (Å²) in [4.78, 5) is 0. The molecule has 0 amide bonds. The van der Waals surface area contributed by atoms with Crippen molar-refractivity contribution < 1.29 is 31.1 Å². The van der Waals surface area contributed by atoms with Gasteiger partial charge in [-0.05, 0) is 18.2 Å². The molecule has 1 aromatic carbocycles. The van der Waals surface area contributed by atoms with E-state index in [-0.39, 0.29) is 16.7 Å². The minimum Gasteiger partial charge on any atom is -0.405 e. The van der Waals surface area contributed by atoms with Crippen LogP contribution in [0, 0.1) is 11.3 Å². The summed E-state index contributed by atoms with van der Waals surface area (Å²) in [6.45, 7) is -1.38. The van der Waals surface area contributed by atoms with Crippen molar-refractivity contribution >= 4 is 0 Å². The van der Waals surface area contributed by atoms with Crippen LogP contribution >= 0.6 is 0 Å². The van der Waals surface area contributed by atoms with E-state index in [1.165, 1.54) is 6.07 Å². The van der Waals surface area contributed by atoms with Gasteiger partial charge in [-0.3, -0.25) is 4.68 Å². The first-order chi connectivity index (χ1) is 10.6. The fourth-order valence-electron chi connectivity index (χ4n) is 1.81. The van der Waals surface area contributed by atoms with Gasteiger partial charge in [-0.25, -0.2) is 0 Å². The van der Waals surface area contributed by atoms with E-state index in [1.54, 1.807) is 6.07 Å². The number of hydrogen-bond donors (Lipinski definition) is 0. The van der Waals surface area contributed by atoms with Crippen LogP contribution in [-0.2, 0) is 6.54 Å². The first kappa shape index (κ1) is 16.7. The molecule has 2 rings (SSSR count). The van der Waals surface area contributed by atoms with Gasteiger partial charge in [0.05, 0.1) is 17.8 Å². The first-order valence-corrected chi connectivity index (χ1v) is 5.97. The number of benzene rings is 1. The molecule has 0 aliphatic heterocycles. The third-order valence-corrected chi connectivity index (χ3v) is 2.62. The highest BCUT2D eigenvalue weighted by Gasteiger charge is 2.33. The SMILES string of the molecule is N#Cc1ccc(-c2cnn(CC(F)(F)F)c2)c(OC(F)(F)F)c1. The summed E-state index contributed by atoms with van der Waals surface area (Å²) >= 11 is 0. The maximum atomic E-state index is 12.4. The zero-order valence-electron chi connectivity index (χ0n) is 11.1. The molecule has 0 saturated carbocycles. The van der Waals surface area contributed by atoms with Crippen LogP contribution in [0.2, 0.25) is 0 Å². The molecular formula is C13H7F6N3O. The molecule has 10 heteroatoms. The second-order valence-electron chi connectivity index (χ2n) is 4.41. The number of ether oxygens (including phenoxy) is 1. The van der Waals surface area contributed by atoms with Crippen LogP contribution in [0.15, 0.2) is 30.6 Å². The van der Waals surface area contributed by atoms with E-state index >= 15 is 0 Å². The van der Waals surface area contributed by atoms with Crippen molar-refractivity contribution in [3.63, 3.8) is 0 Å². The van der Waals surface area contributed by atoms with E-state index in [1.807, 2.05) is 0 Å². The Labute approximate surface area is 125 Å². The van der Waals surface area contributed by atoms with E-state index in [9.17, 15) is 26.3 Å². The van der Waals surface area contributed by atoms with Gasteiger partial charge < -0.3 is 4.74 Å². The van der Waals surface area contributed by atoms with Gasteiger partial charge >= 0.3 is 12.5 Å². The number of aromatic nitrogens is 2. The van der Waals surface area contributed by atoms with Crippen LogP contribution in [0.4, 0.5) is 26.3 Å². The average molecular weight is 335 g/mol. The molecule has 23 heavy (non-hydrogen) atoms. The Morgan fingerprint density at radius 2 is 1.87 bits per heavy atom. The molecule has 0 N–H and O–H groups in total. The lowest BCUT2D eigenvalue weighted by Crippen LogP contribution is -2.18. The number of hydrogen-bond acceptors (Lipinski definition) is 3. The first-order valence-electron chi connectivity index (χ1n) is 5.97. The lowest BCUT2D eigenvalue weighted by Gasteiger charge is -2.12. The molecule has 0 aliphatic rings. The van der Waals surface area contributed by atoms with Crippen molar-refractivity contribution in [2.24, 2.45) is 0 Å². The van der Waals surface area contributed by atoms with E-state index in [0.717, 1.165) is 24.5 Å². The minimum atomic E-state index is -5.01. The number of rotatable bonds is 3. The highest BCUT2D eigenvalue weighted by atomic mass is 19.4. The summed E-state index contributed by atoms with van der Waals surface area (Å²) < 4.78 is 78.5. The fourth-order valence-corrected chi connectivity index (χ4v) is 1.81. The Bertz CT molecular complexity index is 741. The average Bonchev–Trinajstić information content (AvgIpc) is 2.82. The molecule has 1 heterocycles. The molecule has 0 radical (unpaired) electrons. The van der Waals surface area contributed by atoms with Crippen molar-refractivity contribution in [2.75, 3.05) is 0 Å². The van der Waals surface area contributed by atoms with Crippen molar-refractivity contribution in [2.45, 2.75) is 19.1 Å². The van der Waals surface area contributed by atoms with Crippen molar-refractivity contribution in [1.29, 1.82) is 5.26 Å². The maximum Gasteiger partial charge on any atom is 0.573 e. The quantitative estimate of drug-likeness (QED) is 0.800. The Morgan fingerprint density at radius 3 is 2.43 bits per heavy atom. The summed E-state index contributed by atoms with van der Waals surface area (Å²) in [6, 6.07) is 4.87. The molecule has 0 unspecified atom stereocenters. The highest BCUT2D eigenvalue weighted by Crippen LogP contribution is 2.34. The van der Waals surface area contributed by atoms with Crippen LogP contribution in [0.25, 0.3) is 11.1 Å². The van der Waals surface area contributed by atoms with Gasteiger partial charge in [0.25, 0.3) is 0 Å². The Hall–Kier alpha value is -2.70. The van der Waals surface area contributed by atoms with Crippen molar-refractivity contribution in [3.05, 3.63) is 36.2 Å². The zero-order valence-corrected chi connectivity index (χ0v) is 11.1. The number of alkyl halides is 6. The molecule has 2 aromatic rings. The van der Waals surface area contributed by atoms with Gasteiger partial charge in [0.1, 0.15) is 12.3 Å². The van der Waals surface area contributed by atoms with Crippen LogP contribution in [-0.4, -0.2) is 22.3 Å². The van der Waals surface area contributed by atoms with Gasteiger partial charge in [-0.2, -0.15) is 23.5 Å². The Morgan fingerprint density at radius 1 is 1.17 bits per heavy atom. The van der Waals surface area contributed by atoms with Crippen LogP contribution in [0.1, 0.15) is 5.56 Å². The largest absolute Gasteiger partial charge is 0.573 e. The zero-order chi connectivity index (χ0) is 17.3. The second-order valence-corrected chi connectivity index (χ2v) is 4.41. The molecule has 0 fully saturated rings. The van der Waals surface area contributed by atoms with Crippen LogP contribution in [0.3, 0.4) is 0 Å². The normalized spacial score (nSPS) is 12.0. The molecule has 0 spiro atoms. The van der Waals surface area contributed by atoms with E-state index in [0.29, 0.717) is 4.68 Å². The van der Waals surface area contributed by atoms with Crippen LogP contribution < -0.4 is 4.74 Å². The van der Waals surface area contributed by atoms with Gasteiger partial charge in [0.15, 0.2) is 0 Å². The predicted molar refractivity (Wildman–Crippen MR) is 65.1 cm³/mol. The number of halogens is 6. The van der Waals surface area contributed by atoms with E-state index in [2.05, 4.69) is 9.84 Å². The lowest BCUT2D eigenvalue weighted by atomic mass is 10.1. The molecular weight excluding hydrogens is 328 g/mol. The van der Waals surface area contributed by atoms with Crippen molar-refractivity contribution in [1.82, 2.24) is 9.78 Å². The third kappa shape index (κ3) is 4.64. The van der Waals surface area contributed by atoms with Gasteiger partial charge in [-0.15, -0.1) is 13.2 Å². The standard InChI is InChI=1S/C13H7F6N3O/c14-12(15,16)7-22-6-9(5-21-22)10-2-1-8(4-20)3-11(10)23-13(17,18)19/h1-3,5-6H,7H2. The molecule has 0 bridgehead atoms. The summed E-state index contributed by atoms with van der Waals surface area (Å²) in [7, 11) is 0. The maximum absolute atomic E-state index is 12.4. The summed E-state index contributed by atoms with van der Waals surface area (Å²) in [5, 5.41) is 12.2. The molecule has 0 saturated heterocycles. The highest BCUT2D eigenvalue weighted by molar-refractivity contribution is 5.70. The van der Waals surface area contributed by atoms with Crippen molar-refractivity contribution in [3.8, 4) is 22.9 Å². The topological polar surface area (TPSA) is 50.8 Å². The van der Waals surface area contributed by atoms with Gasteiger partial charge in [0, 0.05) is 17.3 Å². The lowest BCUT2D eigenvalue weighted by molar-refractivity contribution is -0.274. The van der Waals surface area contributed by atoms with Gasteiger partial charge in [-0.1, -0.05) is 0 Å². The summed E-state index contributed by atoms with van der Waals surface area (Å²) in [6.07, 6.45) is -7.60. The molecule has 1 aromatic heterocycles. The molecule has 122 valence electrons. The Balaban J connectivity index is 2.41. The van der Waals surface area contributed by atoms with Crippen LogP contribution in [0.5, 0.6) is 5.75 Å². The fraction of sp³-hybridized carbons (Fsp3) is 0.231. The predicted octanol–water partition coefficient (Wildman–Crippen LogP) is 3.88. The minimum absolute atomic E-state index is 0.00186. The smallest absolute Gasteiger partial charge is 0.405 e. The molecule has 4 nitrogen and oxygen atoms in total. The number of nitriles is 1. The Kier molecular flexibility index (Phi) is 4.22. The number of nitrogens with zero attached hydrogens (tertiary/aromatic N) is 3. The summed E-state index contributed by atoms with van der Waals surface area (Å²) in [5.74, 6) is -0.692. The molecule has 0 aliphatic carbocycles.